The van der Waals surface area contributed by atoms with Gasteiger partial charge in [-0.25, -0.2) is 4.39 Å². The molecule has 0 spiro atoms. The normalized spacial score (nSPS) is 17.5. The van der Waals surface area contributed by atoms with Gasteiger partial charge in [-0.1, -0.05) is 36.4 Å². The molecule has 1 aromatic heterocycles. The number of nitrogens with one attached hydrogen (secondary N) is 1. The third-order valence-electron chi connectivity index (χ3n) is 5.52. The Kier molecular flexibility index (Phi) is 5.30. The molecule has 0 atom stereocenters. The number of thioether (sulfide) groups is 1. The first kappa shape index (κ1) is 20.5. The number of hydrogen-bond acceptors (Lipinski definition) is 4. The number of nitrogens with zero attached hydrogens (tertiary/aromatic N) is 2. The Hall–Kier alpha value is -3.39. The van der Waals surface area contributed by atoms with Gasteiger partial charge in [-0.15, -0.1) is 0 Å². The lowest BCUT2D eigenvalue weighted by molar-refractivity contribution is -0.123. The maximum Gasteiger partial charge on any atom is 0.293 e. The topological polar surface area (TPSA) is 71.4 Å². The summed E-state index contributed by atoms with van der Waals surface area (Å²) in [5.41, 5.74) is 1.90. The molecule has 2 aromatic carbocycles. The number of rotatable bonds is 6. The highest BCUT2D eigenvalue weighted by molar-refractivity contribution is 8.18. The predicted molar refractivity (Wildman–Crippen MR) is 121 cm³/mol. The molecule has 0 unspecified atom stereocenters. The summed E-state index contributed by atoms with van der Waals surface area (Å²) in [5, 5.41) is 3.43. The molecule has 2 aliphatic rings. The van der Waals surface area contributed by atoms with Gasteiger partial charge in [0.2, 0.25) is 5.91 Å². The van der Waals surface area contributed by atoms with Crippen LogP contribution in [0.3, 0.4) is 0 Å². The zero-order valence-electron chi connectivity index (χ0n) is 17.1. The summed E-state index contributed by atoms with van der Waals surface area (Å²) in [4.78, 5) is 39.0. The van der Waals surface area contributed by atoms with Gasteiger partial charge in [0.1, 0.15) is 12.4 Å². The van der Waals surface area contributed by atoms with Crippen LogP contribution in [0.4, 0.5) is 9.18 Å². The van der Waals surface area contributed by atoms with Gasteiger partial charge in [-0.2, -0.15) is 0 Å². The zero-order chi connectivity index (χ0) is 22.2. The molecule has 3 amide bonds. The van der Waals surface area contributed by atoms with Crippen molar-refractivity contribution in [2.45, 2.75) is 32.0 Å². The quantitative estimate of drug-likeness (QED) is 0.570. The lowest BCUT2D eigenvalue weighted by Gasteiger charge is -2.12. The number of benzene rings is 2. The van der Waals surface area contributed by atoms with E-state index in [1.165, 1.54) is 6.07 Å². The van der Waals surface area contributed by atoms with Crippen LogP contribution in [0.2, 0.25) is 0 Å². The monoisotopic (exact) mass is 449 g/mol. The highest BCUT2D eigenvalue weighted by Gasteiger charge is 2.35. The van der Waals surface area contributed by atoms with Gasteiger partial charge < -0.3 is 9.88 Å². The largest absolute Gasteiger partial charge is 0.352 e. The van der Waals surface area contributed by atoms with Crippen molar-refractivity contribution in [3.05, 3.63) is 76.6 Å². The van der Waals surface area contributed by atoms with E-state index in [1.807, 2.05) is 35.0 Å². The minimum Gasteiger partial charge on any atom is -0.352 e. The highest BCUT2D eigenvalue weighted by atomic mass is 32.2. The second-order valence-electron chi connectivity index (χ2n) is 7.93. The summed E-state index contributed by atoms with van der Waals surface area (Å²) in [5.74, 6) is -0.959. The summed E-state index contributed by atoms with van der Waals surface area (Å²) in [6, 6.07) is 14.0. The molecule has 6 nitrogen and oxygen atoms in total. The van der Waals surface area contributed by atoms with Crippen LogP contribution in [0.5, 0.6) is 0 Å². The van der Waals surface area contributed by atoms with Crippen molar-refractivity contribution in [3.8, 4) is 0 Å². The first-order chi connectivity index (χ1) is 15.5. The average Bonchev–Trinajstić information content (AvgIpc) is 3.47. The zero-order valence-corrected chi connectivity index (χ0v) is 17.9. The number of fused-ring (bicyclic) bond motifs is 1. The first-order valence-electron chi connectivity index (χ1n) is 10.4. The van der Waals surface area contributed by atoms with Gasteiger partial charge in [-0.3, -0.25) is 19.3 Å². The summed E-state index contributed by atoms with van der Waals surface area (Å²) in [7, 11) is 0. The molecule has 0 radical (unpaired) electrons. The molecule has 1 aliphatic heterocycles. The van der Waals surface area contributed by atoms with E-state index in [-0.39, 0.29) is 35.5 Å². The Morgan fingerprint density at radius 1 is 1.12 bits per heavy atom. The minimum atomic E-state index is -0.455. The number of imide groups is 1. The van der Waals surface area contributed by atoms with E-state index in [2.05, 4.69) is 5.32 Å². The maximum absolute atomic E-state index is 14.0. The molecule has 1 saturated heterocycles. The number of hydrogen-bond donors (Lipinski definition) is 1. The van der Waals surface area contributed by atoms with E-state index < -0.39 is 17.0 Å². The second-order valence-corrected chi connectivity index (χ2v) is 8.92. The fraction of sp³-hybridized carbons (Fsp3) is 0.208. The molecule has 1 aliphatic carbocycles. The Bertz CT molecular complexity index is 1280. The van der Waals surface area contributed by atoms with Gasteiger partial charge in [0.05, 0.1) is 11.4 Å². The SMILES string of the molecule is O=C(Cn1cc(/C=C2\SC(=O)N(Cc3ccccc3F)C2=O)c2ccccc21)NC1CC1. The Morgan fingerprint density at radius 2 is 1.88 bits per heavy atom. The Balaban J connectivity index is 1.42. The summed E-state index contributed by atoms with van der Waals surface area (Å²) in [6.07, 6.45) is 5.53. The number of carbonyl (C=O) groups excluding carboxylic acids is 3. The standard InChI is InChI=1S/C24H20FN3O3S/c25-19-7-3-1-5-15(19)13-28-23(30)21(32-24(28)31)11-16-12-27(14-22(29)26-17-9-10-17)20-8-4-2-6-18(16)20/h1-8,11-12,17H,9-10,13-14H2,(H,26,29)/b21-11-. The van der Waals surface area contributed by atoms with E-state index in [9.17, 15) is 18.8 Å². The molecular formula is C24H20FN3O3S. The third kappa shape index (κ3) is 4.05. The number of para-hydroxylation sites is 1. The van der Waals surface area contributed by atoms with E-state index in [0.29, 0.717) is 0 Å². The van der Waals surface area contributed by atoms with E-state index >= 15 is 0 Å². The molecule has 162 valence electrons. The minimum absolute atomic E-state index is 0.0509. The van der Waals surface area contributed by atoms with Crippen molar-refractivity contribution in [2.75, 3.05) is 0 Å². The van der Waals surface area contributed by atoms with Crippen LogP contribution in [-0.2, 0) is 22.7 Å². The molecule has 2 heterocycles. The van der Waals surface area contributed by atoms with Crippen LogP contribution < -0.4 is 5.32 Å². The third-order valence-corrected chi connectivity index (χ3v) is 6.43. The molecular weight excluding hydrogens is 429 g/mol. The molecule has 1 N–H and O–H groups in total. The fourth-order valence-electron chi connectivity index (χ4n) is 3.75. The highest BCUT2D eigenvalue weighted by Crippen LogP contribution is 2.35. The molecule has 1 saturated carbocycles. The van der Waals surface area contributed by atoms with Crippen LogP contribution in [0.1, 0.15) is 24.0 Å². The average molecular weight is 450 g/mol. The smallest absolute Gasteiger partial charge is 0.293 e. The summed E-state index contributed by atoms with van der Waals surface area (Å²) < 4.78 is 15.8. The van der Waals surface area contributed by atoms with Gasteiger partial charge in [0.15, 0.2) is 0 Å². The number of amides is 3. The molecule has 32 heavy (non-hydrogen) atoms. The van der Waals surface area contributed by atoms with Crippen LogP contribution in [0.15, 0.2) is 59.6 Å². The van der Waals surface area contributed by atoms with E-state index in [1.54, 1.807) is 24.3 Å². The van der Waals surface area contributed by atoms with Crippen LogP contribution in [-0.4, -0.2) is 32.6 Å². The number of aromatic nitrogens is 1. The molecule has 5 rings (SSSR count). The fourth-order valence-corrected chi connectivity index (χ4v) is 4.58. The van der Waals surface area contributed by atoms with Crippen molar-refractivity contribution in [1.82, 2.24) is 14.8 Å². The second kappa shape index (κ2) is 8.27. The van der Waals surface area contributed by atoms with Crippen LogP contribution >= 0.6 is 11.8 Å². The van der Waals surface area contributed by atoms with Crippen molar-refractivity contribution >= 4 is 45.8 Å². The van der Waals surface area contributed by atoms with Gasteiger partial charge in [0, 0.05) is 34.3 Å². The lowest BCUT2D eigenvalue weighted by atomic mass is 10.1. The summed E-state index contributed by atoms with van der Waals surface area (Å²) >= 11 is 0.838. The van der Waals surface area contributed by atoms with Crippen molar-refractivity contribution in [3.63, 3.8) is 0 Å². The summed E-state index contributed by atoms with van der Waals surface area (Å²) in [6.45, 7) is 0.0669. The van der Waals surface area contributed by atoms with Crippen molar-refractivity contribution in [2.24, 2.45) is 0 Å². The maximum atomic E-state index is 14.0. The molecule has 3 aromatic rings. The van der Waals surface area contributed by atoms with Crippen LogP contribution in [0, 0.1) is 5.82 Å². The predicted octanol–water partition coefficient (Wildman–Crippen LogP) is 4.30. The van der Waals surface area contributed by atoms with Gasteiger partial charge in [-0.05, 0) is 42.8 Å². The number of carbonyl (C=O) groups is 3. The Labute approximate surface area is 188 Å². The molecule has 8 heteroatoms. The number of halogens is 1. The van der Waals surface area contributed by atoms with Crippen molar-refractivity contribution < 1.29 is 18.8 Å². The van der Waals surface area contributed by atoms with Crippen LogP contribution in [0.25, 0.3) is 17.0 Å². The molecule has 0 bridgehead atoms. The lowest BCUT2D eigenvalue weighted by Crippen LogP contribution is -2.29. The van der Waals surface area contributed by atoms with Gasteiger partial charge >= 0.3 is 0 Å². The van der Waals surface area contributed by atoms with Crippen molar-refractivity contribution in [1.29, 1.82) is 0 Å². The van der Waals surface area contributed by atoms with E-state index in [4.69, 9.17) is 0 Å². The van der Waals surface area contributed by atoms with E-state index in [0.717, 1.165) is 46.0 Å². The first-order valence-corrected chi connectivity index (χ1v) is 11.2. The van der Waals surface area contributed by atoms with Gasteiger partial charge in [0.25, 0.3) is 11.1 Å². The Morgan fingerprint density at radius 3 is 2.66 bits per heavy atom. The molecule has 2 fully saturated rings.